The molecule has 104 valence electrons. The van der Waals surface area contributed by atoms with Gasteiger partial charge in [0, 0.05) is 21.2 Å². The Labute approximate surface area is 134 Å². The van der Waals surface area contributed by atoms with Crippen molar-refractivity contribution in [3.63, 3.8) is 0 Å². The summed E-state index contributed by atoms with van der Waals surface area (Å²) in [6, 6.07) is 10.2. The standard InChI is InChI=1S/C15H13Br2NO2/c1-9-2-3-11(16)5-13(9)18-7-10-4-14-15(6-12(10)17)20-8-19-14/h2-6,18H,7-8H2,1H3. The van der Waals surface area contributed by atoms with Crippen molar-refractivity contribution in [2.75, 3.05) is 12.1 Å². The van der Waals surface area contributed by atoms with Gasteiger partial charge in [0.1, 0.15) is 0 Å². The topological polar surface area (TPSA) is 30.5 Å². The lowest BCUT2D eigenvalue weighted by atomic mass is 10.1. The monoisotopic (exact) mass is 397 g/mol. The minimum Gasteiger partial charge on any atom is -0.454 e. The number of anilines is 1. The van der Waals surface area contributed by atoms with Crippen molar-refractivity contribution in [1.82, 2.24) is 0 Å². The summed E-state index contributed by atoms with van der Waals surface area (Å²) < 4.78 is 12.8. The molecule has 0 saturated carbocycles. The van der Waals surface area contributed by atoms with Gasteiger partial charge in [-0.3, -0.25) is 0 Å². The first-order valence-corrected chi connectivity index (χ1v) is 7.80. The number of hydrogen-bond acceptors (Lipinski definition) is 3. The SMILES string of the molecule is Cc1ccc(Br)cc1NCc1cc2c(cc1Br)OCO2. The largest absolute Gasteiger partial charge is 0.454 e. The normalized spacial score (nSPS) is 12.6. The summed E-state index contributed by atoms with van der Waals surface area (Å²) >= 11 is 7.06. The smallest absolute Gasteiger partial charge is 0.231 e. The predicted octanol–water partition coefficient (Wildman–Crippen LogP) is 4.86. The second-order valence-corrected chi connectivity index (χ2v) is 6.38. The molecule has 0 spiro atoms. The number of ether oxygens (including phenoxy) is 2. The molecule has 0 radical (unpaired) electrons. The Bertz CT molecular complexity index is 659. The van der Waals surface area contributed by atoms with Crippen LogP contribution in [-0.4, -0.2) is 6.79 Å². The van der Waals surface area contributed by atoms with Gasteiger partial charge < -0.3 is 14.8 Å². The van der Waals surface area contributed by atoms with Crippen LogP contribution in [0.25, 0.3) is 0 Å². The fraction of sp³-hybridized carbons (Fsp3) is 0.200. The van der Waals surface area contributed by atoms with E-state index in [1.807, 2.05) is 18.2 Å². The van der Waals surface area contributed by atoms with Crippen LogP contribution in [-0.2, 0) is 6.54 Å². The Hall–Kier alpha value is -1.20. The molecular formula is C15H13Br2NO2. The van der Waals surface area contributed by atoms with Gasteiger partial charge in [0.25, 0.3) is 0 Å². The first-order chi connectivity index (χ1) is 9.63. The number of halogens is 2. The Morgan fingerprint density at radius 3 is 2.65 bits per heavy atom. The Balaban J connectivity index is 1.80. The lowest BCUT2D eigenvalue weighted by Gasteiger charge is -2.12. The highest BCUT2D eigenvalue weighted by Crippen LogP contribution is 2.37. The number of fused-ring (bicyclic) bond motifs is 1. The second kappa shape index (κ2) is 5.66. The lowest BCUT2D eigenvalue weighted by molar-refractivity contribution is 0.174. The summed E-state index contributed by atoms with van der Waals surface area (Å²) in [5.41, 5.74) is 3.46. The highest BCUT2D eigenvalue weighted by atomic mass is 79.9. The molecule has 1 heterocycles. The quantitative estimate of drug-likeness (QED) is 0.800. The van der Waals surface area contributed by atoms with Crippen LogP contribution < -0.4 is 14.8 Å². The molecule has 0 saturated heterocycles. The summed E-state index contributed by atoms with van der Waals surface area (Å²) in [5, 5.41) is 3.45. The molecule has 0 aromatic heterocycles. The fourth-order valence-electron chi connectivity index (χ4n) is 2.07. The van der Waals surface area contributed by atoms with E-state index in [1.54, 1.807) is 0 Å². The maximum Gasteiger partial charge on any atom is 0.231 e. The average molecular weight is 399 g/mol. The van der Waals surface area contributed by atoms with Gasteiger partial charge in [-0.15, -0.1) is 0 Å². The summed E-state index contributed by atoms with van der Waals surface area (Å²) in [7, 11) is 0. The highest BCUT2D eigenvalue weighted by molar-refractivity contribution is 9.10. The average Bonchev–Trinajstić information content (AvgIpc) is 2.86. The predicted molar refractivity (Wildman–Crippen MR) is 86.5 cm³/mol. The number of rotatable bonds is 3. The fourth-order valence-corrected chi connectivity index (χ4v) is 2.89. The molecule has 1 aliphatic rings. The third-order valence-electron chi connectivity index (χ3n) is 3.21. The van der Waals surface area contributed by atoms with Gasteiger partial charge in [-0.05, 0) is 42.3 Å². The van der Waals surface area contributed by atoms with Crippen molar-refractivity contribution < 1.29 is 9.47 Å². The van der Waals surface area contributed by atoms with Gasteiger partial charge in [0.15, 0.2) is 11.5 Å². The van der Waals surface area contributed by atoms with Crippen LogP contribution in [0.15, 0.2) is 39.3 Å². The van der Waals surface area contributed by atoms with Crippen LogP contribution in [0.4, 0.5) is 5.69 Å². The molecule has 2 aromatic carbocycles. The van der Waals surface area contributed by atoms with Crippen molar-refractivity contribution in [3.8, 4) is 11.5 Å². The number of nitrogens with one attached hydrogen (secondary N) is 1. The van der Waals surface area contributed by atoms with E-state index in [4.69, 9.17) is 9.47 Å². The van der Waals surface area contributed by atoms with Crippen molar-refractivity contribution in [2.45, 2.75) is 13.5 Å². The molecule has 20 heavy (non-hydrogen) atoms. The van der Waals surface area contributed by atoms with Gasteiger partial charge in [-0.25, -0.2) is 0 Å². The van der Waals surface area contributed by atoms with E-state index >= 15 is 0 Å². The molecule has 0 bridgehead atoms. The third kappa shape index (κ3) is 2.79. The maximum absolute atomic E-state index is 5.41. The molecule has 0 atom stereocenters. The molecule has 0 aliphatic carbocycles. The van der Waals surface area contributed by atoms with Crippen molar-refractivity contribution in [2.24, 2.45) is 0 Å². The van der Waals surface area contributed by atoms with Crippen LogP contribution in [0.3, 0.4) is 0 Å². The van der Waals surface area contributed by atoms with Crippen LogP contribution >= 0.6 is 31.9 Å². The van der Waals surface area contributed by atoms with Gasteiger partial charge in [0.05, 0.1) is 0 Å². The zero-order valence-electron chi connectivity index (χ0n) is 10.9. The van der Waals surface area contributed by atoms with Crippen LogP contribution in [0, 0.1) is 6.92 Å². The van der Waals surface area contributed by atoms with Crippen molar-refractivity contribution in [1.29, 1.82) is 0 Å². The Morgan fingerprint density at radius 1 is 1.10 bits per heavy atom. The first kappa shape index (κ1) is 13.8. The first-order valence-electron chi connectivity index (χ1n) is 6.21. The zero-order chi connectivity index (χ0) is 14.1. The lowest BCUT2D eigenvalue weighted by Crippen LogP contribution is -2.02. The minimum atomic E-state index is 0.295. The summed E-state index contributed by atoms with van der Waals surface area (Å²) in [6.45, 7) is 3.10. The highest BCUT2D eigenvalue weighted by Gasteiger charge is 2.16. The molecule has 5 heteroatoms. The molecule has 3 nitrogen and oxygen atoms in total. The molecule has 0 unspecified atom stereocenters. The summed E-state index contributed by atoms with van der Waals surface area (Å²) in [6.07, 6.45) is 0. The van der Waals surface area contributed by atoms with Crippen molar-refractivity contribution >= 4 is 37.5 Å². The Morgan fingerprint density at radius 2 is 1.85 bits per heavy atom. The molecule has 0 amide bonds. The van der Waals surface area contributed by atoms with Crippen molar-refractivity contribution in [3.05, 3.63) is 50.4 Å². The van der Waals surface area contributed by atoms with Crippen LogP contribution in [0.5, 0.6) is 11.5 Å². The zero-order valence-corrected chi connectivity index (χ0v) is 14.0. The molecule has 0 fully saturated rings. The van der Waals surface area contributed by atoms with Crippen LogP contribution in [0.2, 0.25) is 0 Å². The van der Waals surface area contributed by atoms with E-state index in [0.29, 0.717) is 13.3 Å². The molecule has 1 N–H and O–H groups in total. The van der Waals surface area contributed by atoms with E-state index in [2.05, 4.69) is 56.2 Å². The van der Waals surface area contributed by atoms with E-state index in [0.717, 1.165) is 31.7 Å². The maximum atomic E-state index is 5.41. The Kier molecular flexibility index (Phi) is 3.89. The molecule has 3 rings (SSSR count). The van der Waals surface area contributed by atoms with E-state index in [-0.39, 0.29) is 0 Å². The van der Waals surface area contributed by atoms with Crippen LogP contribution in [0.1, 0.15) is 11.1 Å². The van der Waals surface area contributed by atoms with E-state index in [1.165, 1.54) is 5.56 Å². The summed E-state index contributed by atoms with van der Waals surface area (Å²) in [4.78, 5) is 0. The second-order valence-electron chi connectivity index (χ2n) is 4.61. The van der Waals surface area contributed by atoms with Gasteiger partial charge in [-0.2, -0.15) is 0 Å². The van der Waals surface area contributed by atoms with Gasteiger partial charge >= 0.3 is 0 Å². The number of hydrogen-bond donors (Lipinski definition) is 1. The van der Waals surface area contributed by atoms with E-state index < -0.39 is 0 Å². The van der Waals surface area contributed by atoms with Gasteiger partial charge in [0.2, 0.25) is 6.79 Å². The van der Waals surface area contributed by atoms with Gasteiger partial charge in [-0.1, -0.05) is 37.9 Å². The third-order valence-corrected chi connectivity index (χ3v) is 4.44. The van der Waals surface area contributed by atoms with E-state index in [9.17, 15) is 0 Å². The molecule has 2 aromatic rings. The number of benzene rings is 2. The summed E-state index contributed by atoms with van der Waals surface area (Å²) in [5.74, 6) is 1.59. The minimum absolute atomic E-state index is 0.295. The number of aryl methyl sites for hydroxylation is 1. The molecular weight excluding hydrogens is 386 g/mol. The molecule has 1 aliphatic heterocycles.